The summed E-state index contributed by atoms with van der Waals surface area (Å²) in [5, 5.41) is 104. The largest absolute Gasteiger partial charge is 0.471 e. The van der Waals surface area contributed by atoms with Crippen molar-refractivity contribution >= 4 is 11.6 Å². The summed E-state index contributed by atoms with van der Waals surface area (Å²) in [6.45, 7) is -2.32. The lowest BCUT2D eigenvalue weighted by Crippen LogP contribution is -2.65. The average Bonchev–Trinajstić information content (AvgIpc) is 3.03. The number of anilines is 1. The Morgan fingerprint density at radius 3 is 1.72 bits per heavy atom. The Kier molecular flexibility index (Phi) is 12.4. The first-order valence-electron chi connectivity index (χ1n) is 14.1. The molecule has 1 aromatic rings. The fraction of sp³-hybridized carbons (Fsp3) is 0.731. The Labute approximate surface area is 263 Å². The van der Waals surface area contributed by atoms with Gasteiger partial charge in [0.1, 0.15) is 79.0 Å². The number of hydrogen-bond donors (Lipinski definition) is 11. The molecule has 3 aliphatic heterocycles. The van der Waals surface area contributed by atoms with E-state index >= 15 is 0 Å². The number of carbonyl (C=O) groups is 1. The molecule has 4 rings (SSSR count). The van der Waals surface area contributed by atoms with Crippen LogP contribution < -0.4 is 10.1 Å². The molecule has 0 spiro atoms. The second kappa shape index (κ2) is 15.5. The standard InChI is InChI=1S/C26H36F3NO17/c27-26(28,29)25(41)30-8-1-3-9(4-2-8)43-24-20(40)21(47-23-19(39)17(37)14(34)11(6-32)45-23)15(35)12(46-24)7-42-22-18(38)16(36)13(33)10(5-31)44-22/h1-4,10-24,31-40H,5-7H2,(H,30,41). The number of alkyl halides is 3. The number of hydrogen-bond acceptors (Lipinski definition) is 17. The second-order valence-corrected chi connectivity index (χ2v) is 10.9. The number of benzene rings is 1. The van der Waals surface area contributed by atoms with Gasteiger partial charge < -0.3 is 84.8 Å². The topological polar surface area (TPSA) is 287 Å². The molecule has 21 heteroatoms. The highest BCUT2D eigenvalue weighted by Crippen LogP contribution is 2.32. The third kappa shape index (κ3) is 8.46. The number of ether oxygens (including phenoxy) is 6. The molecule has 47 heavy (non-hydrogen) atoms. The molecule has 11 N–H and O–H groups in total. The summed E-state index contributed by atoms with van der Waals surface area (Å²) in [6.07, 6.45) is -31.5. The van der Waals surface area contributed by atoms with Gasteiger partial charge in [-0.1, -0.05) is 0 Å². The van der Waals surface area contributed by atoms with Crippen LogP contribution in [0, 0.1) is 0 Å². The first kappa shape index (κ1) is 37.5. The van der Waals surface area contributed by atoms with Crippen LogP contribution in [0.15, 0.2) is 24.3 Å². The predicted molar refractivity (Wildman–Crippen MR) is 141 cm³/mol. The monoisotopic (exact) mass is 691 g/mol. The van der Waals surface area contributed by atoms with Crippen molar-refractivity contribution in [3.63, 3.8) is 0 Å². The van der Waals surface area contributed by atoms with E-state index in [1.165, 1.54) is 0 Å². The van der Waals surface area contributed by atoms with E-state index < -0.39 is 124 Å². The zero-order valence-electron chi connectivity index (χ0n) is 24.1. The molecule has 1 aromatic carbocycles. The molecule has 0 bridgehead atoms. The van der Waals surface area contributed by atoms with E-state index in [1.807, 2.05) is 0 Å². The molecule has 3 heterocycles. The van der Waals surface area contributed by atoms with Gasteiger partial charge in [-0.05, 0) is 24.3 Å². The highest BCUT2D eigenvalue weighted by atomic mass is 19.4. The molecule has 0 aromatic heterocycles. The van der Waals surface area contributed by atoms with E-state index in [4.69, 9.17) is 28.4 Å². The van der Waals surface area contributed by atoms with Crippen molar-refractivity contribution in [1.82, 2.24) is 0 Å². The molecule has 3 fully saturated rings. The van der Waals surface area contributed by atoms with Gasteiger partial charge in [0.25, 0.3) is 0 Å². The number of amides is 1. The van der Waals surface area contributed by atoms with Crippen LogP contribution in [0.2, 0.25) is 0 Å². The molecule has 0 saturated carbocycles. The SMILES string of the molecule is O=C(Nc1ccc(OC2OC(COC3OC(CO)C(O)C(O)C3O)C(O)C(OC3OC(CO)C(O)C(O)C3O)C2O)cc1)C(F)(F)F. The number of nitrogens with one attached hydrogen (secondary N) is 1. The van der Waals surface area contributed by atoms with Gasteiger partial charge >= 0.3 is 12.1 Å². The minimum absolute atomic E-state index is 0.143. The van der Waals surface area contributed by atoms with Gasteiger partial charge in [0.05, 0.1) is 19.8 Å². The smallest absolute Gasteiger partial charge is 0.462 e. The Morgan fingerprint density at radius 2 is 1.19 bits per heavy atom. The summed E-state index contributed by atoms with van der Waals surface area (Å²) in [7, 11) is 0. The van der Waals surface area contributed by atoms with Crippen LogP contribution in [0.3, 0.4) is 0 Å². The summed E-state index contributed by atoms with van der Waals surface area (Å²) in [5.41, 5.74) is -0.269. The van der Waals surface area contributed by atoms with E-state index in [1.54, 1.807) is 5.32 Å². The van der Waals surface area contributed by atoms with Crippen molar-refractivity contribution in [2.75, 3.05) is 25.1 Å². The minimum atomic E-state index is -5.15. The van der Waals surface area contributed by atoms with E-state index in [9.17, 15) is 69.0 Å². The first-order chi connectivity index (χ1) is 22.1. The van der Waals surface area contributed by atoms with E-state index in [0.29, 0.717) is 0 Å². The maximum atomic E-state index is 12.6. The van der Waals surface area contributed by atoms with Crippen LogP contribution in [0.5, 0.6) is 5.75 Å². The summed E-state index contributed by atoms with van der Waals surface area (Å²) < 4.78 is 70.6. The third-order valence-corrected chi connectivity index (χ3v) is 7.68. The van der Waals surface area contributed by atoms with Crippen molar-refractivity contribution in [3.05, 3.63) is 24.3 Å². The molecule has 1 amide bonds. The van der Waals surface area contributed by atoms with Crippen LogP contribution in [-0.4, -0.2) is 175 Å². The zero-order chi connectivity index (χ0) is 34.8. The number of halogens is 3. The number of aliphatic hydroxyl groups is 10. The van der Waals surface area contributed by atoms with Crippen molar-refractivity contribution in [3.8, 4) is 5.75 Å². The molecular formula is C26H36F3NO17. The van der Waals surface area contributed by atoms with Crippen molar-refractivity contribution in [1.29, 1.82) is 0 Å². The Morgan fingerprint density at radius 1 is 0.681 bits per heavy atom. The maximum Gasteiger partial charge on any atom is 0.471 e. The highest BCUT2D eigenvalue weighted by Gasteiger charge is 2.52. The minimum Gasteiger partial charge on any atom is -0.462 e. The molecule has 18 nitrogen and oxygen atoms in total. The molecule has 15 unspecified atom stereocenters. The fourth-order valence-corrected chi connectivity index (χ4v) is 4.98. The number of carbonyl (C=O) groups excluding carboxylic acids is 1. The van der Waals surface area contributed by atoms with Gasteiger partial charge in [-0.25, -0.2) is 0 Å². The fourth-order valence-electron chi connectivity index (χ4n) is 4.98. The lowest BCUT2D eigenvalue weighted by atomic mass is 9.96. The molecule has 0 aliphatic carbocycles. The van der Waals surface area contributed by atoms with Crippen molar-refractivity contribution < 1.29 is 97.5 Å². The predicted octanol–water partition coefficient (Wildman–Crippen LogP) is -4.99. The molecular weight excluding hydrogens is 655 g/mol. The summed E-state index contributed by atoms with van der Waals surface area (Å²) >= 11 is 0. The lowest BCUT2D eigenvalue weighted by Gasteiger charge is -2.46. The molecule has 268 valence electrons. The second-order valence-electron chi connectivity index (χ2n) is 10.9. The van der Waals surface area contributed by atoms with Gasteiger partial charge in [-0.15, -0.1) is 0 Å². The highest BCUT2D eigenvalue weighted by molar-refractivity contribution is 5.94. The van der Waals surface area contributed by atoms with Crippen LogP contribution in [-0.2, 0) is 28.5 Å². The summed E-state index contributed by atoms with van der Waals surface area (Å²) in [6, 6.07) is 4.26. The number of rotatable bonds is 10. The van der Waals surface area contributed by atoms with Crippen LogP contribution >= 0.6 is 0 Å². The van der Waals surface area contributed by atoms with Crippen LogP contribution in [0.4, 0.5) is 18.9 Å². The van der Waals surface area contributed by atoms with Crippen LogP contribution in [0.1, 0.15) is 0 Å². The van der Waals surface area contributed by atoms with Gasteiger partial charge in [0.2, 0.25) is 6.29 Å². The van der Waals surface area contributed by atoms with E-state index in [2.05, 4.69) is 0 Å². The first-order valence-corrected chi connectivity index (χ1v) is 14.1. The molecule has 0 radical (unpaired) electrons. The molecule has 3 saturated heterocycles. The van der Waals surface area contributed by atoms with Crippen molar-refractivity contribution in [2.45, 2.75) is 98.3 Å². The summed E-state index contributed by atoms with van der Waals surface area (Å²) in [4.78, 5) is 11.2. The average molecular weight is 692 g/mol. The third-order valence-electron chi connectivity index (χ3n) is 7.68. The summed E-state index contributed by atoms with van der Waals surface area (Å²) in [5.74, 6) is -2.38. The normalized spacial score (nSPS) is 41.3. The van der Waals surface area contributed by atoms with E-state index in [0.717, 1.165) is 24.3 Å². The Balaban J connectivity index is 1.53. The quantitative estimate of drug-likeness (QED) is 0.110. The van der Waals surface area contributed by atoms with Gasteiger partial charge in [-0.3, -0.25) is 4.79 Å². The zero-order valence-corrected chi connectivity index (χ0v) is 24.1. The molecule has 3 aliphatic rings. The Hall–Kier alpha value is -2.32. The van der Waals surface area contributed by atoms with Crippen LogP contribution in [0.25, 0.3) is 0 Å². The molecule has 15 atom stereocenters. The maximum absolute atomic E-state index is 12.6. The number of aliphatic hydroxyl groups excluding tert-OH is 10. The lowest BCUT2D eigenvalue weighted by molar-refractivity contribution is -0.358. The Bertz CT molecular complexity index is 1160. The van der Waals surface area contributed by atoms with Gasteiger partial charge in [-0.2, -0.15) is 13.2 Å². The van der Waals surface area contributed by atoms with E-state index in [-0.39, 0.29) is 11.4 Å². The van der Waals surface area contributed by atoms with Gasteiger partial charge in [0, 0.05) is 5.69 Å². The van der Waals surface area contributed by atoms with Crippen molar-refractivity contribution in [2.24, 2.45) is 0 Å². The van der Waals surface area contributed by atoms with Gasteiger partial charge in [0.15, 0.2) is 12.6 Å².